The van der Waals surface area contributed by atoms with Crippen LogP contribution in [0.2, 0.25) is 0 Å². The van der Waals surface area contributed by atoms with Crippen LogP contribution in [-0.2, 0) is 6.54 Å². The second-order valence-electron chi connectivity index (χ2n) is 4.45. The van der Waals surface area contributed by atoms with Crippen LogP contribution in [0.25, 0.3) is 5.65 Å². The molecule has 0 radical (unpaired) electrons. The lowest BCUT2D eigenvalue weighted by molar-refractivity contribution is 0.934. The van der Waals surface area contributed by atoms with Gasteiger partial charge in [-0.2, -0.15) is 0 Å². The van der Waals surface area contributed by atoms with Crippen molar-refractivity contribution in [1.29, 1.82) is 0 Å². The molecule has 3 rings (SSSR count). The van der Waals surface area contributed by atoms with Gasteiger partial charge in [-0.15, -0.1) is 5.10 Å². The van der Waals surface area contributed by atoms with E-state index in [2.05, 4.69) is 34.5 Å². The van der Waals surface area contributed by atoms with E-state index in [1.54, 1.807) is 4.52 Å². The summed E-state index contributed by atoms with van der Waals surface area (Å²) in [5.41, 5.74) is 9.43. The van der Waals surface area contributed by atoms with Gasteiger partial charge in [-0.05, 0) is 36.8 Å². The summed E-state index contributed by atoms with van der Waals surface area (Å²) in [5.74, 6) is 0.777. The van der Waals surface area contributed by atoms with Crippen molar-refractivity contribution in [2.75, 3.05) is 5.32 Å². The average molecular weight is 253 g/mol. The molecule has 2 heterocycles. The number of anilines is 2. The van der Waals surface area contributed by atoms with E-state index >= 15 is 0 Å². The van der Waals surface area contributed by atoms with Gasteiger partial charge in [0, 0.05) is 12.2 Å². The standard InChI is InChI=1S/C14H15N5/c1-10-3-2-4-11(7-10)16-13-5-6-14-17-12(8-15)9-19(14)18-13/h2-7,9H,8,15H2,1H3,(H,16,18). The monoisotopic (exact) mass is 253 g/mol. The summed E-state index contributed by atoms with van der Waals surface area (Å²) in [4.78, 5) is 4.34. The van der Waals surface area contributed by atoms with Crippen LogP contribution in [-0.4, -0.2) is 14.6 Å². The predicted octanol–water partition coefficient (Wildman–Crippen LogP) is 2.24. The molecule has 0 saturated heterocycles. The molecule has 3 N–H and O–H groups in total. The molecule has 0 saturated carbocycles. The van der Waals surface area contributed by atoms with Crippen LogP contribution in [0.5, 0.6) is 0 Å². The SMILES string of the molecule is Cc1cccc(Nc2ccc3nc(CN)cn3n2)c1. The van der Waals surface area contributed by atoms with Gasteiger partial charge in [0.1, 0.15) is 0 Å². The summed E-state index contributed by atoms with van der Waals surface area (Å²) in [6, 6.07) is 12.0. The zero-order valence-corrected chi connectivity index (χ0v) is 10.7. The first-order valence-corrected chi connectivity index (χ1v) is 6.14. The van der Waals surface area contributed by atoms with Crippen molar-refractivity contribution in [2.24, 2.45) is 5.73 Å². The maximum atomic E-state index is 5.57. The molecule has 2 aromatic heterocycles. The predicted molar refractivity (Wildman–Crippen MR) is 75.3 cm³/mol. The highest BCUT2D eigenvalue weighted by molar-refractivity contribution is 5.58. The Balaban J connectivity index is 1.92. The summed E-state index contributed by atoms with van der Waals surface area (Å²) in [5, 5.41) is 7.73. The van der Waals surface area contributed by atoms with Crippen LogP contribution >= 0.6 is 0 Å². The summed E-state index contributed by atoms with van der Waals surface area (Å²) in [6.07, 6.45) is 1.84. The molecule has 96 valence electrons. The number of hydrogen-bond donors (Lipinski definition) is 2. The first-order chi connectivity index (χ1) is 9.24. The highest BCUT2D eigenvalue weighted by Gasteiger charge is 2.02. The first kappa shape index (κ1) is 11.7. The smallest absolute Gasteiger partial charge is 0.153 e. The Labute approximate surface area is 111 Å². The molecule has 5 heteroatoms. The van der Waals surface area contributed by atoms with Crippen molar-refractivity contribution >= 4 is 17.2 Å². The highest BCUT2D eigenvalue weighted by atomic mass is 15.3. The van der Waals surface area contributed by atoms with E-state index < -0.39 is 0 Å². The molecule has 19 heavy (non-hydrogen) atoms. The molecule has 0 atom stereocenters. The maximum Gasteiger partial charge on any atom is 0.153 e. The van der Waals surface area contributed by atoms with Crippen molar-refractivity contribution in [3.8, 4) is 0 Å². The molecule has 0 aliphatic rings. The topological polar surface area (TPSA) is 68.2 Å². The fraction of sp³-hybridized carbons (Fsp3) is 0.143. The Morgan fingerprint density at radius 3 is 2.95 bits per heavy atom. The number of nitrogens with one attached hydrogen (secondary N) is 1. The van der Waals surface area contributed by atoms with E-state index in [-0.39, 0.29) is 0 Å². The summed E-state index contributed by atoms with van der Waals surface area (Å²) < 4.78 is 1.74. The zero-order valence-electron chi connectivity index (χ0n) is 10.7. The second-order valence-corrected chi connectivity index (χ2v) is 4.45. The van der Waals surface area contributed by atoms with Gasteiger partial charge in [0.05, 0.1) is 11.9 Å². The molecule has 0 unspecified atom stereocenters. The molecule has 0 amide bonds. The number of fused-ring (bicyclic) bond motifs is 1. The molecular weight excluding hydrogens is 238 g/mol. The molecule has 0 aliphatic heterocycles. The van der Waals surface area contributed by atoms with E-state index in [0.717, 1.165) is 22.8 Å². The number of hydrogen-bond acceptors (Lipinski definition) is 4. The lowest BCUT2D eigenvalue weighted by Crippen LogP contribution is -1.98. The van der Waals surface area contributed by atoms with E-state index in [1.165, 1.54) is 5.56 Å². The third-order valence-electron chi connectivity index (χ3n) is 2.87. The van der Waals surface area contributed by atoms with Crippen molar-refractivity contribution in [2.45, 2.75) is 13.5 Å². The maximum absolute atomic E-state index is 5.57. The van der Waals surface area contributed by atoms with Gasteiger partial charge in [-0.25, -0.2) is 9.50 Å². The third kappa shape index (κ3) is 2.41. The van der Waals surface area contributed by atoms with Crippen LogP contribution in [0, 0.1) is 6.92 Å². The molecule has 0 fully saturated rings. The van der Waals surface area contributed by atoms with E-state index in [1.807, 2.05) is 30.5 Å². The van der Waals surface area contributed by atoms with Crippen molar-refractivity contribution in [1.82, 2.24) is 14.6 Å². The molecule has 0 aliphatic carbocycles. The van der Waals surface area contributed by atoms with Gasteiger partial charge in [0.25, 0.3) is 0 Å². The molecular formula is C14H15N5. The molecule has 0 spiro atoms. The molecule has 3 aromatic rings. The fourth-order valence-electron chi connectivity index (χ4n) is 1.97. The van der Waals surface area contributed by atoms with Crippen LogP contribution in [0.4, 0.5) is 11.5 Å². The van der Waals surface area contributed by atoms with Crippen LogP contribution in [0.15, 0.2) is 42.6 Å². The van der Waals surface area contributed by atoms with E-state index in [0.29, 0.717) is 6.54 Å². The minimum Gasteiger partial charge on any atom is -0.339 e. The fourth-order valence-corrected chi connectivity index (χ4v) is 1.97. The van der Waals surface area contributed by atoms with Crippen molar-refractivity contribution < 1.29 is 0 Å². The third-order valence-corrected chi connectivity index (χ3v) is 2.87. The summed E-state index contributed by atoms with van der Waals surface area (Å²) >= 11 is 0. The Morgan fingerprint density at radius 2 is 2.16 bits per heavy atom. The van der Waals surface area contributed by atoms with Gasteiger partial charge < -0.3 is 11.1 Å². The summed E-state index contributed by atoms with van der Waals surface area (Å²) in [6.45, 7) is 2.48. The van der Waals surface area contributed by atoms with Crippen molar-refractivity contribution in [3.05, 3.63) is 53.9 Å². The highest BCUT2D eigenvalue weighted by Crippen LogP contribution is 2.16. The minimum absolute atomic E-state index is 0.421. The van der Waals surface area contributed by atoms with Gasteiger partial charge >= 0.3 is 0 Å². The molecule has 5 nitrogen and oxygen atoms in total. The first-order valence-electron chi connectivity index (χ1n) is 6.14. The number of aryl methyl sites for hydroxylation is 1. The minimum atomic E-state index is 0.421. The summed E-state index contributed by atoms with van der Waals surface area (Å²) in [7, 11) is 0. The van der Waals surface area contributed by atoms with Gasteiger partial charge in [-0.3, -0.25) is 0 Å². The second kappa shape index (κ2) is 4.70. The zero-order chi connectivity index (χ0) is 13.2. The number of nitrogens with zero attached hydrogens (tertiary/aromatic N) is 3. The Morgan fingerprint density at radius 1 is 1.26 bits per heavy atom. The normalized spacial score (nSPS) is 10.8. The quantitative estimate of drug-likeness (QED) is 0.751. The van der Waals surface area contributed by atoms with Crippen LogP contribution in [0.3, 0.4) is 0 Å². The number of nitrogens with two attached hydrogens (primary N) is 1. The van der Waals surface area contributed by atoms with E-state index in [9.17, 15) is 0 Å². The van der Waals surface area contributed by atoms with Crippen molar-refractivity contribution in [3.63, 3.8) is 0 Å². The number of imidazole rings is 1. The lowest BCUT2D eigenvalue weighted by atomic mass is 10.2. The lowest BCUT2D eigenvalue weighted by Gasteiger charge is -2.06. The Kier molecular flexibility index (Phi) is 2.89. The Hall–Kier alpha value is -2.40. The Bertz CT molecular complexity index is 717. The molecule has 0 bridgehead atoms. The largest absolute Gasteiger partial charge is 0.339 e. The van der Waals surface area contributed by atoms with E-state index in [4.69, 9.17) is 5.73 Å². The van der Waals surface area contributed by atoms with Crippen LogP contribution < -0.4 is 11.1 Å². The van der Waals surface area contributed by atoms with Gasteiger partial charge in [0.2, 0.25) is 0 Å². The number of rotatable bonds is 3. The molecule has 1 aromatic carbocycles. The average Bonchev–Trinajstić information content (AvgIpc) is 2.81. The van der Waals surface area contributed by atoms with Crippen LogP contribution in [0.1, 0.15) is 11.3 Å². The van der Waals surface area contributed by atoms with Gasteiger partial charge in [-0.1, -0.05) is 12.1 Å². The number of aromatic nitrogens is 3. The number of benzene rings is 1. The van der Waals surface area contributed by atoms with Gasteiger partial charge in [0.15, 0.2) is 11.5 Å².